The lowest BCUT2D eigenvalue weighted by molar-refractivity contribution is -0.151. The van der Waals surface area contributed by atoms with Gasteiger partial charge in [-0.25, -0.2) is 0 Å². The molecule has 1 N–H and O–H groups in total. The van der Waals surface area contributed by atoms with Crippen LogP contribution in [0.15, 0.2) is 0 Å². The van der Waals surface area contributed by atoms with E-state index in [1.165, 1.54) is 0 Å². The minimum atomic E-state index is -4.22. The molecule has 1 fully saturated rings. The summed E-state index contributed by atoms with van der Waals surface area (Å²) in [5, 5.41) is 0. The predicted molar refractivity (Wildman–Crippen MR) is 38.7 cm³/mol. The van der Waals surface area contributed by atoms with Crippen molar-refractivity contribution < 1.29 is 26.1 Å². The molecule has 2 atom stereocenters. The first-order chi connectivity index (χ1) is 5.70. The van der Waals surface area contributed by atoms with Crippen molar-refractivity contribution in [1.82, 2.24) is 0 Å². The van der Waals surface area contributed by atoms with Gasteiger partial charge >= 0.3 is 6.18 Å². The molecule has 0 radical (unpaired) electrons. The Balaban J connectivity index is 2.30. The zero-order chi connectivity index (χ0) is 10.3. The van der Waals surface area contributed by atoms with E-state index in [4.69, 9.17) is 4.55 Å². The fourth-order valence-electron chi connectivity index (χ4n) is 1.27. The molecule has 78 valence electrons. The molecule has 0 saturated heterocycles. The average Bonchev–Trinajstić information content (AvgIpc) is 2.57. The van der Waals surface area contributed by atoms with Crippen LogP contribution in [-0.4, -0.2) is 24.9 Å². The van der Waals surface area contributed by atoms with Gasteiger partial charge in [0.15, 0.2) is 0 Å². The fraction of sp³-hybridized carbons (Fsp3) is 1.00. The molecule has 0 heterocycles. The Bertz CT molecular complexity index is 282. The Morgan fingerprint density at radius 2 is 1.92 bits per heavy atom. The maximum atomic E-state index is 11.9. The zero-order valence-corrected chi connectivity index (χ0v) is 7.40. The third-order valence-electron chi connectivity index (χ3n) is 2.09. The normalized spacial score (nSPS) is 28.9. The predicted octanol–water partition coefficient (Wildman–Crippen LogP) is 1.46. The van der Waals surface area contributed by atoms with Crippen LogP contribution in [-0.2, 0) is 10.1 Å². The summed E-state index contributed by atoms with van der Waals surface area (Å²) in [4.78, 5) is 0. The second-order valence-electron chi connectivity index (χ2n) is 3.22. The fourth-order valence-corrected chi connectivity index (χ4v) is 1.87. The van der Waals surface area contributed by atoms with Gasteiger partial charge in [0.1, 0.15) is 0 Å². The lowest BCUT2D eigenvalue weighted by Crippen LogP contribution is -2.13. The number of halogens is 3. The summed E-state index contributed by atoms with van der Waals surface area (Å²) in [5.41, 5.74) is 0. The maximum absolute atomic E-state index is 11.9. The Morgan fingerprint density at radius 1 is 1.38 bits per heavy atom. The third kappa shape index (κ3) is 3.51. The highest BCUT2D eigenvalue weighted by Crippen LogP contribution is 2.51. The van der Waals surface area contributed by atoms with Gasteiger partial charge in [-0.3, -0.25) is 4.55 Å². The highest BCUT2D eigenvalue weighted by molar-refractivity contribution is 7.85. The molecule has 0 unspecified atom stereocenters. The first kappa shape index (κ1) is 10.8. The van der Waals surface area contributed by atoms with E-state index in [2.05, 4.69) is 0 Å². The Morgan fingerprint density at radius 3 is 2.23 bits per heavy atom. The second-order valence-corrected chi connectivity index (χ2v) is 4.79. The van der Waals surface area contributed by atoms with Crippen molar-refractivity contribution >= 4 is 10.1 Å². The van der Waals surface area contributed by atoms with Gasteiger partial charge in [-0.05, 0) is 18.8 Å². The van der Waals surface area contributed by atoms with Crippen LogP contribution in [0.25, 0.3) is 0 Å². The van der Waals surface area contributed by atoms with Crippen molar-refractivity contribution in [2.75, 3.05) is 5.75 Å². The largest absolute Gasteiger partial charge is 0.392 e. The molecule has 1 rings (SSSR count). The third-order valence-corrected chi connectivity index (χ3v) is 2.84. The van der Waals surface area contributed by atoms with E-state index in [1.54, 1.807) is 0 Å². The molecule has 0 aliphatic heterocycles. The highest BCUT2D eigenvalue weighted by atomic mass is 32.2. The zero-order valence-electron chi connectivity index (χ0n) is 6.58. The molecule has 0 amide bonds. The van der Waals surface area contributed by atoms with Gasteiger partial charge in [-0.1, -0.05) is 0 Å². The van der Waals surface area contributed by atoms with Gasteiger partial charge in [0, 0.05) is 0 Å². The Hall–Kier alpha value is -0.300. The summed E-state index contributed by atoms with van der Waals surface area (Å²) in [7, 11) is -4.12. The molecule has 0 aromatic rings. The molecular formula is C6H9F3O3S. The van der Waals surface area contributed by atoms with Gasteiger partial charge in [-0.15, -0.1) is 0 Å². The number of hydrogen-bond acceptors (Lipinski definition) is 2. The quantitative estimate of drug-likeness (QED) is 0.729. The van der Waals surface area contributed by atoms with Crippen LogP contribution < -0.4 is 0 Å². The molecule has 13 heavy (non-hydrogen) atoms. The molecule has 3 nitrogen and oxygen atoms in total. The average molecular weight is 218 g/mol. The van der Waals surface area contributed by atoms with Gasteiger partial charge in [0.05, 0.1) is 11.7 Å². The molecule has 1 aliphatic rings. The molecule has 0 aromatic heterocycles. The minimum absolute atomic E-state index is 0.0149. The Labute approximate surface area is 73.7 Å². The van der Waals surface area contributed by atoms with Gasteiger partial charge in [0.25, 0.3) is 10.1 Å². The maximum Gasteiger partial charge on any atom is 0.392 e. The molecular weight excluding hydrogens is 209 g/mol. The SMILES string of the molecule is O=S(=O)(O)CC[C@@H]1C[C@H]1C(F)(F)F. The molecule has 0 bridgehead atoms. The van der Waals surface area contributed by atoms with Crippen LogP contribution in [0.4, 0.5) is 13.2 Å². The molecule has 7 heteroatoms. The van der Waals surface area contributed by atoms with Crippen molar-refractivity contribution in [2.24, 2.45) is 11.8 Å². The summed E-state index contributed by atoms with van der Waals surface area (Å²) in [6.45, 7) is 0. The van der Waals surface area contributed by atoms with Crippen LogP contribution >= 0.6 is 0 Å². The smallest absolute Gasteiger partial charge is 0.286 e. The van der Waals surface area contributed by atoms with E-state index in [1.807, 2.05) is 0 Å². The van der Waals surface area contributed by atoms with Gasteiger partial charge < -0.3 is 0 Å². The van der Waals surface area contributed by atoms with Crippen LogP contribution in [0.5, 0.6) is 0 Å². The summed E-state index contributed by atoms with van der Waals surface area (Å²) < 4.78 is 64.4. The lowest BCUT2D eigenvalue weighted by atomic mass is 10.2. The number of hydrogen-bond donors (Lipinski definition) is 1. The highest BCUT2D eigenvalue weighted by Gasteiger charge is 2.55. The van der Waals surface area contributed by atoms with Crippen molar-refractivity contribution in [1.29, 1.82) is 0 Å². The summed E-state index contributed by atoms with van der Waals surface area (Å²) in [5.74, 6) is -2.57. The monoisotopic (exact) mass is 218 g/mol. The van der Waals surface area contributed by atoms with Crippen molar-refractivity contribution in [3.63, 3.8) is 0 Å². The molecule has 0 aromatic carbocycles. The number of rotatable bonds is 3. The first-order valence-corrected chi connectivity index (χ1v) is 5.33. The Kier molecular flexibility index (Phi) is 2.59. The topological polar surface area (TPSA) is 54.4 Å². The lowest BCUT2D eigenvalue weighted by Gasteiger charge is -2.03. The van der Waals surface area contributed by atoms with Crippen molar-refractivity contribution in [3.05, 3.63) is 0 Å². The molecule has 1 saturated carbocycles. The van der Waals surface area contributed by atoms with Crippen molar-refractivity contribution in [2.45, 2.75) is 19.0 Å². The van der Waals surface area contributed by atoms with Crippen LogP contribution in [0.1, 0.15) is 12.8 Å². The van der Waals surface area contributed by atoms with Crippen LogP contribution in [0, 0.1) is 11.8 Å². The van der Waals surface area contributed by atoms with Gasteiger partial charge in [-0.2, -0.15) is 21.6 Å². The van der Waals surface area contributed by atoms with E-state index >= 15 is 0 Å². The van der Waals surface area contributed by atoms with E-state index in [9.17, 15) is 21.6 Å². The molecule has 0 spiro atoms. The van der Waals surface area contributed by atoms with E-state index in [0.29, 0.717) is 0 Å². The van der Waals surface area contributed by atoms with Gasteiger partial charge in [0.2, 0.25) is 0 Å². The minimum Gasteiger partial charge on any atom is -0.286 e. The summed E-state index contributed by atoms with van der Waals surface area (Å²) in [6.07, 6.45) is -4.34. The second kappa shape index (κ2) is 3.13. The van der Waals surface area contributed by atoms with Crippen LogP contribution in [0.3, 0.4) is 0 Å². The van der Waals surface area contributed by atoms with Crippen molar-refractivity contribution in [3.8, 4) is 0 Å². The summed E-state index contributed by atoms with van der Waals surface area (Å²) in [6, 6.07) is 0. The number of alkyl halides is 3. The van der Waals surface area contributed by atoms with E-state index in [-0.39, 0.29) is 12.8 Å². The first-order valence-electron chi connectivity index (χ1n) is 3.72. The van der Waals surface area contributed by atoms with E-state index in [0.717, 1.165) is 0 Å². The summed E-state index contributed by atoms with van der Waals surface area (Å²) >= 11 is 0. The van der Waals surface area contributed by atoms with Crippen LogP contribution in [0.2, 0.25) is 0 Å². The standard InChI is InChI=1S/C6H9F3O3S/c7-6(8,9)5-3-4(5)1-2-13(10,11)12/h4-5H,1-3H2,(H,10,11,12)/t4-,5-/m1/s1. The molecule has 1 aliphatic carbocycles. The van der Waals surface area contributed by atoms with E-state index < -0.39 is 33.9 Å².